The van der Waals surface area contributed by atoms with Crippen LogP contribution in [0.5, 0.6) is 11.5 Å². The lowest BCUT2D eigenvalue weighted by Crippen LogP contribution is -2.20. The Morgan fingerprint density at radius 2 is 1.53 bits per heavy atom. The maximum Gasteiger partial charge on any atom is 0.416 e. The number of rotatable bonds is 5. The van der Waals surface area contributed by atoms with E-state index >= 15 is 0 Å². The highest BCUT2D eigenvalue weighted by Gasteiger charge is 2.31. The van der Waals surface area contributed by atoms with Crippen molar-refractivity contribution >= 4 is 23.1 Å². The van der Waals surface area contributed by atoms with Crippen molar-refractivity contribution in [2.24, 2.45) is 5.16 Å². The number of nitrogens with zero attached hydrogens (tertiary/aromatic N) is 1. The van der Waals surface area contributed by atoms with Gasteiger partial charge in [-0.15, -0.1) is 0 Å². The van der Waals surface area contributed by atoms with E-state index < -0.39 is 29.3 Å². The van der Waals surface area contributed by atoms with Gasteiger partial charge in [-0.3, -0.25) is 0 Å². The summed E-state index contributed by atoms with van der Waals surface area (Å²) >= 11 is 0. The lowest BCUT2D eigenvalue weighted by atomic mass is 10.1. The van der Waals surface area contributed by atoms with Crippen LogP contribution in [0.15, 0.2) is 71.9 Å². The highest BCUT2D eigenvalue weighted by molar-refractivity contribution is 6.00. The molecule has 0 heterocycles. The predicted octanol–water partition coefficient (Wildman–Crippen LogP) is 6.48. The minimum atomic E-state index is -4.66. The molecule has 0 atom stereocenters. The van der Waals surface area contributed by atoms with Crippen molar-refractivity contribution < 1.29 is 32.3 Å². The van der Waals surface area contributed by atoms with Crippen molar-refractivity contribution in [1.29, 1.82) is 0 Å². The van der Waals surface area contributed by atoms with Crippen molar-refractivity contribution in [3.63, 3.8) is 0 Å². The van der Waals surface area contributed by atoms with Crippen molar-refractivity contribution in [1.82, 2.24) is 0 Å². The first kappa shape index (κ1) is 22.6. The molecule has 32 heavy (non-hydrogen) atoms. The number of carbonyl (C=O) groups is 1. The fourth-order valence-corrected chi connectivity index (χ4v) is 2.65. The van der Waals surface area contributed by atoms with Gasteiger partial charge in [0.15, 0.2) is 0 Å². The summed E-state index contributed by atoms with van der Waals surface area (Å²) in [5, 5.41) is 16.4. The van der Waals surface area contributed by atoms with Crippen LogP contribution in [0, 0.1) is 5.82 Å². The first-order chi connectivity index (χ1) is 15.2. The molecular formula is C22H17F4N3O3. The minimum absolute atomic E-state index is 0.312. The van der Waals surface area contributed by atoms with Gasteiger partial charge in [-0.05, 0) is 79.2 Å². The molecule has 0 bridgehead atoms. The molecule has 166 valence electrons. The average Bonchev–Trinajstić information content (AvgIpc) is 2.76. The van der Waals surface area contributed by atoms with Gasteiger partial charge < -0.3 is 20.6 Å². The minimum Gasteiger partial charge on any atom is -0.457 e. The van der Waals surface area contributed by atoms with E-state index in [1.54, 1.807) is 43.3 Å². The van der Waals surface area contributed by atoms with Crippen molar-refractivity contribution in [2.75, 3.05) is 10.6 Å². The number of hydrogen-bond acceptors (Lipinski definition) is 4. The fourth-order valence-electron chi connectivity index (χ4n) is 2.65. The molecule has 0 saturated heterocycles. The number of ether oxygens (including phenoxy) is 1. The van der Waals surface area contributed by atoms with Gasteiger partial charge in [-0.1, -0.05) is 5.16 Å². The van der Waals surface area contributed by atoms with Gasteiger partial charge in [0.05, 0.1) is 17.0 Å². The molecule has 0 unspecified atom stereocenters. The van der Waals surface area contributed by atoms with Gasteiger partial charge in [-0.25, -0.2) is 9.18 Å². The van der Waals surface area contributed by atoms with Crippen LogP contribution in [0.3, 0.4) is 0 Å². The van der Waals surface area contributed by atoms with Gasteiger partial charge in [0.25, 0.3) is 0 Å². The Morgan fingerprint density at radius 1 is 0.938 bits per heavy atom. The molecule has 0 fully saturated rings. The molecule has 0 saturated carbocycles. The molecule has 3 aromatic carbocycles. The summed E-state index contributed by atoms with van der Waals surface area (Å²) in [6.07, 6.45) is -4.66. The summed E-state index contributed by atoms with van der Waals surface area (Å²) in [5.74, 6) is -0.0125. The number of nitrogens with one attached hydrogen (secondary N) is 2. The quantitative estimate of drug-likeness (QED) is 0.181. The molecule has 2 amide bonds. The lowest BCUT2D eigenvalue weighted by Gasteiger charge is -2.12. The molecule has 0 radical (unpaired) electrons. The molecule has 0 aliphatic carbocycles. The number of benzene rings is 3. The van der Waals surface area contributed by atoms with Gasteiger partial charge in [0.1, 0.15) is 17.3 Å². The van der Waals surface area contributed by atoms with Crippen LogP contribution >= 0.6 is 0 Å². The predicted molar refractivity (Wildman–Crippen MR) is 111 cm³/mol. The molecule has 6 nitrogen and oxygen atoms in total. The van der Waals surface area contributed by atoms with Crippen LogP contribution in [-0.4, -0.2) is 17.0 Å². The third kappa shape index (κ3) is 5.75. The SMILES string of the molecule is C/C(=N\O)c1ccc(Oc2ccc(NC(=O)Nc3cc(C(F)(F)F)ccc3F)cc2)cc1. The third-order valence-electron chi connectivity index (χ3n) is 4.31. The Hall–Kier alpha value is -4.08. The second-order valence-corrected chi connectivity index (χ2v) is 6.61. The van der Waals surface area contributed by atoms with Gasteiger partial charge in [0.2, 0.25) is 0 Å². The first-order valence-electron chi connectivity index (χ1n) is 9.17. The average molecular weight is 447 g/mol. The molecular weight excluding hydrogens is 430 g/mol. The number of alkyl halides is 3. The molecule has 3 aromatic rings. The van der Waals surface area contributed by atoms with Crippen LogP contribution in [0.4, 0.5) is 33.7 Å². The molecule has 3 N–H and O–H groups in total. The Bertz CT molecular complexity index is 1130. The summed E-state index contributed by atoms with van der Waals surface area (Å²) < 4.78 is 57.8. The fraction of sp³-hybridized carbons (Fsp3) is 0.0909. The van der Waals surface area contributed by atoms with E-state index in [1.807, 2.05) is 0 Å². The van der Waals surface area contributed by atoms with Crippen molar-refractivity contribution in [3.05, 3.63) is 83.7 Å². The summed E-state index contributed by atoms with van der Waals surface area (Å²) in [6, 6.07) is 13.8. The normalized spacial score (nSPS) is 11.7. The van der Waals surface area contributed by atoms with E-state index in [9.17, 15) is 22.4 Å². The van der Waals surface area contributed by atoms with Crippen LogP contribution in [0.2, 0.25) is 0 Å². The molecule has 0 aliphatic rings. The summed E-state index contributed by atoms with van der Waals surface area (Å²) in [6.45, 7) is 1.65. The molecule has 0 aliphatic heterocycles. The zero-order valence-electron chi connectivity index (χ0n) is 16.6. The number of halogens is 4. The van der Waals surface area contributed by atoms with E-state index in [-0.39, 0.29) is 0 Å². The highest BCUT2D eigenvalue weighted by atomic mass is 19.4. The van der Waals surface area contributed by atoms with Crippen molar-refractivity contribution in [3.8, 4) is 11.5 Å². The van der Waals surface area contributed by atoms with Gasteiger partial charge in [-0.2, -0.15) is 13.2 Å². The topological polar surface area (TPSA) is 83.0 Å². The van der Waals surface area contributed by atoms with Crippen LogP contribution in [0.25, 0.3) is 0 Å². The highest BCUT2D eigenvalue weighted by Crippen LogP contribution is 2.32. The Kier molecular flexibility index (Phi) is 6.62. The van der Waals surface area contributed by atoms with Gasteiger partial charge >= 0.3 is 12.2 Å². The van der Waals surface area contributed by atoms with E-state index in [0.29, 0.717) is 41.1 Å². The standard InChI is InChI=1S/C22H17F4N3O3/c1-13(29-31)14-2-7-17(8-3-14)32-18-9-5-16(6-10-18)27-21(30)28-20-12-15(22(24,25)26)4-11-19(20)23/h2-12,31H,1H3,(H2,27,28,30)/b29-13+. The Labute approximate surface area is 180 Å². The number of urea groups is 1. The van der Waals surface area contributed by atoms with Crippen LogP contribution in [0.1, 0.15) is 18.1 Å². The van der Waals surface area contributed by atoms with Gasteiger partial charge in [0, 0.05) is 5.69 Å². The molecule has 0 aromatic heterocycles. The number of anilines is 2. The lowest BCUT2D eigenvalue weighted by molar-refractivity contribution is -0.137. The van der Waals surface area contributed by atoms with E-state index in [4.69, 9.17) is 9.94 Å². The van der Waals surface area contributed by atoms with E-state index in [1.165, 1.54) is 12.1 Å². The monoisotopic (exact) mass is 447 g/mol. The van der Waals surface area contributed by atoms with E-state index in [2.05, 4.69) is 15.8 Å². The van der Waals surface area contributed by atoms with Crippen molar-refractivity contribution in [2.45, 2.75) is 13.1 Å². The Morgan fingerprint density at radius 3 is 2.09 bits per heavy atom. The second kappa shape index (κ2) is 9.38. The molecule has 0 spiro atoms. The first-order valence-corrected chi connectivity index (χ1v) is 9.17. The van der Waals surface area contributed by atoms with E-state index in [0.717, 1.165) is 5.56 Å². The summed E-state index contributed by atoms with van der Waals surface area (Å²) in [5.41, 5.74) is -0.185. The zero-order chi connectivity index (χ0) is 23.3. The zero-order valence-corrected chi connectivity index (χ0v) is 16.6. The number of hydrogen-bond donors (Lipinski definition) is 3. The molecule has 10 heteroatoms. The maximum atomic E-state index is 13.8. The van der Waals surface area contributed by atoms with Crippen LogP contribution in [-0.2, 0) is 6.18 Å². The second-order valence-electron chi connectivity index (χ2n) is 6.61. The summed E-state index contributed by atoms with van der Waals surface area (Å²) in [7, 11) is 0. The third-order valence-corrected chi connectivity index (χ3v) is 4.31. The largest absolute Gasteiger partial charge is 0.457 e. The van der Waals surface area contributed by atoms with Crippen LogP contribution < -0.4 is 15.4 Å². The summed E-state index contributed by atoms with van der Waals surface area (Å²) in [4.78, 5) is 12.1. The number of oxime groups is 1. The molecule has 3 rings (SSSR count). The maximum absolute atomic E-state index is 13.8. The number of carbonyl (C=O) groups excluding carboxylic acids is 1. The Balaban J connectivity index is 1.61. The number of amides is 2. The smallest absolute Gasteiger partial charge is 0.416 e.